The Hall–Kier alpha value is -2.43. The molecule has 0 nitrogen and oxygen atoms in total. The minimum atomic E-state index is -0.534. The van der Waals surface area contributed by atoms with Crippen LogP contribution in [0.4, 0.5) is 0 Å². The second-order valence-corrected chi connectivity index (χ2v) is 9.55. The fourth-order valence-corrected chi connectivity index (χ4v) is 6.97. The standard InChI is InChI=1S/C25H23P/c1-25(20-12-11-19-24(25)21-13-5-2-6-14-21)26(22-15-7-3-8-16-22)23-17-9-4-10-18-23/h2-19H,20H2,1H3. The van der Waals surface area contributed by atoms with E-state index in [2.05, 4.69) is 116 Å². The van der Waals surface area contributed by atoms with Crippen molar-refractivity contribution >= 4 is 24.1 Å². The van der Waals surface area contributed by atoms with Crippen molar-refractivity contribution in [3.05, 3.63) is 115 Å². The summed E-state index contributed by atoms with van der Waals surface area (Å²) in [7, 11) is -0.534. The van der Waals surface area contributed by atoms with Gasteiger partial charge in [-0.1, -0.05) is 116 Å². The molecule has 26 heavy (non-hydrogen) atoms. The van der Waals surface area contributed by atoms with Crippen LogP contribution in [0.5, 0.6) is 0 Å². The lowest BCUT2D eigenvalue weighted by Crippen LogP contribution is -2.34. The number of benzene rings is 3. The molecule has 128 valence electrons. The van der Waals surface area contributed by atoms with Gasteiger partial charge in [0, 0.05) is 5.16 Å². The predicted molar refractivity (Wildman–Crippen MR) is 116 cm³/mol. The summed E-state index contributed by atoms with van der Waals surface area (Å²) in [6, 6.07) is 32.9. The van der Waals surface area contributed by atoms with Crippen LogP contribution in [-0.4, -0.2) is 5.16 Å². The van der Waals surface area contributed by atoms with E-state index in [9.17, 15) is 0 Å². The highest BCUT2D eigenvalue weighted by Crippen LogP contribution is 2.57. The molecule has 0 bridgehead atoms. The van der Waals surface area contributed by atoms with Crippen LogP contribution < -0.4 is 10.6 Å². The molecule has 3 aromatic carbocycles. The van der Waals surface area contributed by atoms with E-state index in [1.807, 2.05) is 0 Å². The van der Waals surface area contributed by atoms with Gasteiger partial charge < -0.3 is 0 Å². The fraction of sp³-hybridized carbons (Fsp3) is 0.120. The van der Waals surface area contributed by atoms with Crippen LogP contribution in [0.25, 0.3) is 5.57 Å². The van der Waals surface area contributed by atoms with Crippen molar-refractivity contribution in [2.24, 2.45) is 0 Å². The second kappa shape index (κ2) is 7.44. The van der Waals surface area contributed by atoms with Crippen molar-refractivity contribution in [2.75, 3.05) is 0 Å². The zero-order valence-corrected chi connectivity index (χ0v) is 15.9. The first kappa shape index (κ1) is 17.0. The molecule has 0 radical (unpaired) electrons. The zero-order valence-electron chi connectivity index (χ0n) is 15.0. The van der Waals surface area contributed by atoms with E-state index >= 15 is 0 Å². The van der Waals surface area contributed by atoms with E-state index in [0.717, 1.165) is 6.42 Å². The Bertz CT molecular complexity index is 871. The summed E-state index contributed by atoms with van der Waals surface area (Å²) < 4.78 is 0. The van der Waals surface area contributed by atoms with Crippen LogP contribution in [0.2, 0.25) is 0 Å². The largest absolute Gasteiger partial charge is 0.0833 e. The molecule has 1 unspecified atom stereocenters. The quantitative estimate of drug-likeness (QED) is 0.510. The lowest BCUT2D eigenvalue weighted by molar-refractivity contribution is 0.809. The normalized spacial score (nSPS) is 19.4. The summed E-state index contributed by atoms with van der Waals surface area (Å²) in [4.78, 5) is 0. The van der Waals surface area contributed by atoms with Gasteiger partial charge >= 0.3 is 0 Å². The molecule has 0 heterocycles. The monoisotopic (exact) mass is 354 g/mol. The first-order chi connectivity index (χ1) is 12.8. The smallest absolute Gasteiger partial charge is 0.0247 e. The van der Waals surface area contributed by atoms with Gasteiger partial charge in [-0.05, 0) is 36.1 Å². The van der Waals surface area contributed by atoms with E-state index in [4.69, 9.17) is 0 Å². The summed E-state index contributed by atoms with van der Waals surface area (Å²) >= 11 is 0. The Morgan fingerprint density at radius 1 is 0.692 bits per heavy atom. The fourth-order valence-electron chi connectivity index (χ4n) is 3.86. The number of hydrogen-bond donors (Lipinski definition) is 0. The van der Waals surface area contributed by atoms with Gasteiger partial charge in [0.2, 0.25) is 0 Å². The first-order valence-corrected chi connectivity index (χ1v) is 10.5. The van der Waals surface area contributed by atoms with Crippen molar-refractivity contribution in [3.8, 4) is 0 Å². The summed E-state index contributed by atoms with van der Waals surface area (Å²) in [5.74, 6) is 0. The molecule has 1 aliphatic carbocycles. The number of hydrogen-bond acceptors (Lipinski definition) is 0. The van der Waals surface area contributed by atoms with Crippen molar-refractivity contribution < 1.29 is 0 Å². The Labute approximate surface area is 157 Å². The highest BCUT2D eigenvalue weighted by Gasteiger charge is 2.39. The van der Waals surface area contributed by atoms with E-state index in [0.29, 0.717) is 0 Å². The van der Waals surface area contributed by atoms with Crippen LogP contribution >= 0.6 is 7.92 Å². The lowest BCUT2D eigenvalue weighted by atomic mass is 9.87. The number of rotatable bonds is 4. The molecule has 0 N–H and O–H groups in total. The Morgan fingerprint density at radius 2 is 1.19 bits per heavy atom. The SMILES string of the molecule is CC1(P(c2ccccc2)c2ccccc2)CC=CC=C1c1ccccc1. The first-order valence-electron chi connectivity index (χ1n) is 9.12. The van der Waals surface area contributed by atoms with Crippen LogP contribution in [0.15, 0.2) is 109 Å². The third kappa shape index (κ3) is 3.18. The molecule has 0 saturated carbocycles. The molecule has 0 aromatic heterocycles. The van der Waals surface area contributed by atoms with Crippen molar-refractivity contribution in [2.45, 2.75) is 18.5 Å². The average molecular weight is 354 g/mol. The maximum Gasteiger partial charge on any atom is 0.0247 e. The molecular formula is C25H23P. The van der Waals surface area contributed by atoms with Gasteiger partial charge in [0.1, 0.15) is 0 Å². The van der Waals surface area contributed by atoms with Crippen LogP contribution in [0.1, 0.15) is 18.9 Å². The van der Waals surface area contributed by atoms with Crippen molar-refractivity contribution in [1.82, 2.24) is 0 Å². The summed E-state index contributed by atoms with van der Waals surface area (Å²) in [5.41, 5.74) is 2.78. The minimum Gasteiger partial charge on any atom is -0.0833 e. The molecule has 3 aromatic rings. The van der Waals surface area contributed by atoms with Gasteiger partial charge in [-0.3, -0.25) is 0 Å². The van der Waals surface area contributed by atoms with Crippen LogP contribution in [-0.2, 0) is 0 Å². The van der Waals surface area contributed by atoms with Crippen molar-refractivity contribution in [3.63, 3.8) is 0 Å². The molecule has 0 fully saturated rings. The summed E-state index contributed by atoms with van der Waals surface area (Å²) in [5, 5.41) is 2.94. The molecule has 1 heteroatoms. The molecule has 1 atom stereocenters. The number of allylic oxidation sites excluding steroid dienone is 4. The van der Waals surface area contributed by atoms with Crippen molar-refractivity contribution in [1.29, 1.82) is 0 Å². The van der Waals surface area contributed by atoms with Gasteiger partial charge in [-0.25, -0.2) is 0 Å². The van der Waals surface area contributed by atoms with Crippen LogP contribution in [0, 0.1) is 0 Å². The van der Waals surface area contributed by atoms with E-state index < -0.39 is 7.92 Å². The average Bonchev–Trinajstić information content (AvgIpc) is 2.71. The molecule has 1 aliphatic rings. The van der Waals surface area contributed by atoms with Gasteiger partial charge in [0.15, 0.2) is 0 Å². The molecule has 0 amide bonds. The molecular weight excluding hydrogens is 331 g/mol. The summed E-state index contributed by atoms with van der Waals surface area (Å²) in [6.07, 6.45) is 7.92. The minimum absolute atomic E-state index is 0.0636. The van der Waals surface area contributed by atoms with Gasteiger partial charge in [0.05, 0.1) is 0 Å². The Kier molecular flexibility index (Phi) is 4.87. The van der Waals surface area contributed by atoms with E-state index in [1.54, 1.807) is 0 Å². The maximum absolute atomic E-state index is 2.45. The van der Waals surface area contributed by atoms with Gasteiger partial charge in [-0.15, -0.1) is 0 Å². The second-order valence-electron chi connectivity index (χ2n) is 6.86. The predicted octanol–water partition coefficient (Wildman–Crippen LogP) is 5.92. The van der Waals surface area contributed by atoms with E-state index in [1.165, 1.54) is 21.7 Å². The Balaban J connectivity index is 1.89. The summed E-state index contributed by atoms with van der Waals surface area (Å²) in [6.45, 7) is 2.45. The van der Waals surface area contributed by atoms with Gasteiger partial charge in [0.25, 0.3) is 0 Å². The molecule has 4 rings (SSSR count). The highest BCUT2D eigenvalue weighted by atomic mass is 31.1. The third-order valence-corrected chi connectivity index (χ3v) is 8.14. The third-order valence-electron chi connectivity index (χ3n) is 5.10. The van der Waals surface area contributed by atoms with Gasteiger partial charge in [-0.2, -0.15) is 0 Å². The van der Waals surface area contributed by atoms with E-state index in [-0.39, 0.29) is 5.16 Å². The molecule has 0 spiro atoms. The topological polar surface area (TPSA) is 0 Å². The molecule has 0 saturated heterocycles. The zero-order chi connectivity index (χ0) is 17.8. The van der Waals surface area contributed by atoms with Crippen LogP contribution in [0.3, 0.4) is 0 Å². The molecule has 0 aliphatic heterocycles. The maximum atomic E-state index is 2.45. The lowest BCUT2D eigenvalue weighted by Gasteiger charge is -2.42. The Morgan fingerprint density at radius 3 is 1.73 bits per heavy atom. The highest BCUT2D eigenvalue weighted by molar-refractivity contribution is 7.75.